The van der Waals surface area contributed by atoms with Crippen LogP contribution >= 0.6 is 0 Å². The third-order valence-electron chi connectivity index (χ3n) is 2.78. The summed E-state index contributed by atoms with van der Waals surface area (Å²) in [7, 11) is 0. The van der Waals surface area contributed by atoms with Crippen LogP contribution in [-0.2, 0) is 17.7 Å². The van der Waals surface area contributed by atoms with Gasteiger partial charge in [0.05, 0.1) is 26.4 Å². The molecule has 0 atom stereocenters. The summed E-state index contributed by atoms with van der Waals surface area (Å²) in [6, 6.07) is 8.17. The molecular formula is C13H18N4O2. The summed E-state index contributed by atoms with van der Waals surface area (Å²) in [4.78, 5) is 1.52. The Kier molecular flexibility index (Phi) is 5.00. The van der Waals surface area contributed by atoms with Gasteiger partial charge in [-0.3, -0.25) is 0 Å². The SMILES string of the molecule is Cc1ccccc1Cc1nnn(CCOCCO)n1. The van der Waals surface area contributed by atoms with Crippen molar-refractivity contribution < 1.29 is 9.84 Å². The van der Waals surface area contributed by atoms with E-state index >= 15 is 0 Å². The third kappa shape index (κ3) is 4.11. The van der Waals surface area contributed by atoms with E-state index in [9.17, 15) is 0 Å². The maximum Gasteiger partial charge on any atom is 0.179 e. The van der Waals surface area contributed by atoms with E-state index < -0.39 is 0 Å². The first kappa shape index (κ1) is 13.6. The van der Waals surface area contributed by atoms with E-state index in [0.717, 1.165) is 0 Å². The van der Waals surface area contributed by atoms with Crippen molar-refractivity contribution in [3.8, 4) is 0 Å². The summed E-state index contributed by atoms with van der Waals surface area (Å²) in [5.74, 6) is 0.705. The zero-order valence-corrected chi connectivity index (χ0v) is 11.0. The van der Waals surface area contributed by atoms with Gasteiger partial charge in [-0.1, -0.05) is 24.3 Å². The van der Waals surface area contributed by atoms with Gasteiger partial charge in [0.15, 0.2) is 5.82 Å². The van der Waals surface area contributed by atoms with Crippen LogP contribution in [0.3, 0.4) is 0 Å². The van der Waals surface area contributed by atoms with Gasteiger partial charge in [-0.05, 0) is 23.3 Å². The second-order valence-corrected chi connectivity index (χ2v) is 4.24. The summed E-state index contributed by atoms with van der Waals surface area (Å²) in [5, 5.41) is 20.9. The number of aliphatic hydroxyl groups excluding tert-OH is 1. The van der Waals surface area contributed by atoms with E-state index in [4.69, 9.17) is 9.84 Å². The number of ether oxygens (including phenoxy) is 1. The summed E-state index contributed by atoms with van der Waals surface area (Å²) in [5.41, 5.74) is 2.43. The third-order valence-corrected chi connectivity index (χ3v) is 2.78. The molecule has 0 bridgehead atoms. The van der Waals surface area contributed by atoms with Gasteiger partial charge in [0.1, 0.15) is 0 Å². The maximum absolute atomic E-state index is 8.58. The van der Waals surface area contributed by atoms with Crippen LogP contribution in [0.15, 0.2) is 24.3 Å². The molecule has 19 heavy (non-hydrogen) atoms. The molecule has 0 saturated carbocycles. The number of aliphatic hydroxyl groups is 1. The smallest absolute Gasteiger partial charge is 0.179 e. The van der Waals surface area contributed by atoms with Gasteiger partial charge in [-0.2, -0.15) is 4.80 Å². The molecular weight excluding hydrogens is 244 g/mol. The van der Waals surface area contributed by atoms with Gasteiger partial charge in [0.25, 0.3) is 0 Å². The van der Waals surface area contributed by atoms with Gasteiger partial charge >= 0.3 is 0 Å². The average Bonchev–Trinajstić information content (AvgIpc) is 2.85. The van der Waals surface area contributed by atoms with Crippen molar-refractivity contribution in [2.45, 2.75) is 19.9 Å². The van der Waals surface area contributed by atoms with Crippen molar-refractivity contribution in [1.29, 1.82) is 0 Å². The first-order valence-corrected chi connectivity index (χ1v) is 6.29. The monoisotopic (exact) mass is 262 g/mol. The van der Waals surface area contributed by atoms with Crippen LogP contribution in [0.2, 0.25) is 0 Å². The molecule has 0 fully saturated rings. The Bertz CT molecular complexity index is 513. The van der Waals surface area contributed by atoms with Crippen LogP contribution in [0, 0.1) is 6.92 Å². The van der Waals surface area contributed by atoms with Crippen molar-refractivity contribution in [2.75, 3.05) is 19.8 Å². The van der Waals surface area contributed by atoms with Gasteiger partial charge in [-0.15, -0.1) is 10.2 Å². The number of benzene rings is 1. The first-order valence-electron chi connectivity index (χ1n) is 6.29. The molecule has 0 aliphatic heterocycles. The Morgan fingerprint density at radius 3 is 2.89 bits per heavy atom. The molecule has 0 aliphatic rings. The van der Waals surface area contributed by atoms with Crippen molar-refractivity contribution in [1.82, 2.24) is 20.2 Å². The molecule has 0 spiro atoms. The minimum atomic E-state index is 0.0311. The van der Waals surface area contributed by atoms with E-state index in [1.807, 2.05) is 12.1 Å². The van der Waals surface area contributed by atoms with Crippen LogP contribution in [0.5, 0.6) is 0 Å². The van der Waals surface area contributed by atoms with Crippen LogP contribution in [0.4, 0.5) is 0 Å². The topological polar surface area (TPSA) is 73.1 Å². The highest BCUT2D eigenvalue weighted by atomic mass is 16.5. The largest absolute Gasteiger partial charge is 0.394 e. The lowest BCUT2D eigenvalue weighted by molar-refractivity contribution is 0.0831. The molecule has 6 nitrogen and oxygen atoms in total. The Labute approximate surface area is 112 Å². The van der Waals surface area contributed by atoms with Crippen molar-refractivity contribution in [3.05, 3.63) is 41.2 Å². The normalized spacial score (nSPS) is 10.8. The predicted molar refractivity (Wildman–Crippen MR) is 69.7 cm³/mol. The summed E-state index contributed by atoms with van der Waals surface area (Å²) in [6.45, 7) is 3.46. The molecule has 0 aliphatic carbocycles. The van der Waals surface area contributed by atoms with Crippen LogP contribution in [0.25, 0.3) is 0 Å². The molecule has 2 rings (SSSR count). The molecule has 0 saturated heterocycles. The minimum Gasteiger partial charge on any atom is -0.394 e. The van der Waals surface area contributed by atoms with Crippen molar-refractivity contribution in [3.63, 3.8) is 0 Å². The number of aromatic nitrogens is 4. The second kappa shape index (κ2) is 6.96. The molecule has 0 unspecified atom stereocenters. The van der Waals surface area contributed by atoms with Crippen LogP contribution in [0.1, 0.15) is 17.0 Å². The number of nitrogens with zero attached hydrogens (tertiary/aromatic N) is 4. The Morgan fingerprint density at radius 2 is 2.11 bits per heavy atom. The second-order valence-electron chi connectivity index (χ2n) is 4.24. The van der Waals surface area contributed by atoms with Gasteiger partial charge in [0, 0.05) is 6.42 Å². The lowest BCUT2D eigenvalue weighted by atomic mass is 10.1. The molecule has 1 N–H and O–H groups in total. The maximum atomic E-state index is 8.58. The summed E-state index contributed by atoms with van der Waals surface area (Å²) in [6.07, 6.45) is 0.685. The highest BCUT2D eigenvalue weighted by molar-refractivity contribution is 5.27. The van der Waals surface area contributed by atoms with Gasteiger partial charge in [0.2, 0.25) is 0 Å². The van der Waals surface area contributed by atoms with E-state index in [1.54, 1.807) is 0 Å². The Morgan fingerprint density at radius 1 is 1.26 bits per heavy atom. The molecule has 1 aromatic carbocycles. The predicted octanol–water partition coefficient (Wildman–Crippen LogP) is 0.581. The molecule has 2 aromatic rings. The molecule has 1 aromatic heterocycles. The summed E-state index contributed by atoms with van der Waals surface area (Å²) >= 11 is 0. The lowest BCUT2D eigenvalue weighted by Gasteiger charge is -2.01. The summed E-state index contributed by atoms with van der Waals surface area (Å²) < 4.78 is 5.15. The molecule has 0 radical (unpaired) electrons. The fraction of sp³-hybridized carbons (Fsp3) is 0.462. The van der Waals surface area contributed by atoms with Gasteiger partial charge in [-0.25, -0.2) is 0 Å². The standard InChI is InChI=1S/C13H18N4O2/c1-11-4-2-3-5-12(11)10-13-14-16-17(15-13)6-8-19-9-7-18/h2-5,18H,6-10H2,1H3. The average molecular weight is 262 g/mol. The highest BCUT2D eigenvalue weighted by Gasteiger charge is 2.05. The number of rotatable bonds is 7. The minimum absolute atomic E-state index is 0.0311. The van der Waals surface area contributed by atoms with E-state index in [-0.39, 0.29) is 6.61 Å². The number of hydrogen-bond donors (Lipinski definition) is 1. The number of hydrogen-bond acceptors (Lipinski definition) is 5. The Balaban J connectivity index is 1.89. The zero-order chi connectivity index (χ0) is 13.5. The molecule has 0 amide bonds. The van der Waals surface area contributed by atoms with E-state index in [0.29, 0.717) is 32.0 Å². The molecule has 102 valence electrons. The fourth-order valence-electron chi connectivity index (χ4n) is 1.73. The zero-order valence-electron chi connectivity index (χ0n) is 11.0. The van der Waals surface area contributed by atoms with Crippen LogP contribution < -0.4 is 0 Å². The van der Waals surface area contributed by atoms with E-state index in [2.05, 4.69) is 34.5 Å². The van der Waals surface area contributed by atoms with Crippen LogP contribution in [-0.4, -0.2) is 45.1 Å². The molecule has 6 heteroatoms. The first-order chi connectivity index (χ1) is 9.29. The number of tetrazole rings is 1. The van der Waals surface area contributed by atoms with Gasteiger partial charge < -0.3 is 9.84 Å². The Hall–Kier alpha value is -1.79. The molecule has 1 heterocycles. The lowest BCUT2D eigenvalue weighted by Crippen LogP contribution is -2.11. The number of aryl methyl sites for hydroxylation is 1. The quantitative estimate of drug-likeness (QED) is 0.739. The van der Waals surface area contributed by atoms with Crippen molar-refractivity contribution >= 4 is 0 Å². The van der Waals surface area contributed by atoms with E-state index in [1.165, 1.54) is 15.9 Å². The fourth-order valence-corrected chi connectivity index (χ4v) is 1.73. The highest BCUT2D eigenvalue weighted by Crippen LogP contribution is 2.10. The van der Waals surface area contributed by atoms with Crippen molar-refractivity contribution in [2.24, 2.45) is 0 Å².